The lowest BCUT2D eigenvalue weighted by Crippen LogP contribution is -2.26. The van der Waals surface area contributed by atoms with E-state index in [0.717, 1.165) is 0 Å². The Hall–Kier alpha value is -0.460. The lowest BCUT2D eigenvalue weighted by Gasteiger charge is -2.30. The summed E-state index contributed by atoms with van der Waals surface area (Å²) in [5, 5.41) is 0. The summed E-state index contributed by atoms with van der Waals surface area (Å²) in [5.41, 5.74) is 1.68. The van der Waals surface area contributed by atoms with Crippen molar-refractivity contribution in [2.24, 2.45) is 0 Å². The van der Waals surface area contributed by atoms with E-state index in [1.807, 2.05) is 0 Å². The lowest BCUT2D eigenvalue weighted by molar-refractivity contribution is 0.304. The Morgan fingerprint density at radius 1 is 0.696 bits per heavy atom. The van der Waals surface area contributed by atoms with Crippen LogP contribution in [0.15, 0.2) is 11.8 Å². The van der Waals surface area contributed by atoms with Crippen LogP contribution in [0.25, 0.3) is 0 Å². The van der Waals surface area contributed by atoms with Gasteiger partial charge in [0.2, 0.25) is 0 Å². The molecule has 0 saturated heterocycles. The van der Waals surface area contributed by atoms with Crippen LogP contribution in [0.2, 0.25) is 0 Å². The second kappa shape index (κ2) is 15.1. The van der Waals surface area contributed by atoms with Crippen molar-refractivity contribution >= 4 is 0 Å². The Kier molecular flexibility index (Phi) is 13.5. The Labute approximate surface area is 146 Å². The molecule has 1 aliphatic rings. The molecule has 1 nitrogen and oxygen atoms in total. The van der Waals surface area contributed by atoms with Gasteiger partial charge in [-0.25, -0.2) is 0 Å². The molecule has 1 aliphatic carbocycles. The zero-order chi connectivity index (χ0) is 16.6. The standard InChI is InChI=1S/C22H43N/c1-3-5-7-9-11-16-20-23(22-18-14-13-15-19-22)21-17-12-10-8-6-4-2/h18H,3-17,19-21H2,1-2H3. The first kappa shape index (κ1) is 20.6. The van der Waals surface area contributed by atoms with Crippen LogP contribution in [0, 0.1) is 0 Å². The first-order valence-electron chi connectivity index (χ1n) is 10.8. The van der Waals surface area contributed by atoms with Crippen LogP contribution in [0.3, 0.4) is 0 Å². The van der Waals surface area contributed by atoms with Gasteiger partial charge in [0.1, 0.15) is 0 Å². The largest absolute Gasteiger partial charge is 0.375 e. The quantitative estimate of drug-likeness (QED) is 0.283. The van der Waals surface area contributed by atoms with Crippen LogP contribution in [0.1, 0.15) is 117 Å². The smallest absolute Gasteiger partial charge is 0.0174 e. The van der Waals surface area contributed by atoms with Gasteiger partial charge < -0.3 is 4.90 Å². The molecule has 0 radical (unpaired) electrons. The van der Waals surface area contributed by atoms with E-state index in [9.17, 15) is 0 Å². The number of hydrogen-bond acceptors (Lipinski definition) is 1. The van der Waals surface area contributed by atoms with Crippen LogP contribution in [-0.2, 0) is 0 Å². The highest BCUT2D eigenvalue weighted by Crippen LogP contribution is 2.22. The van der Waals surface area contributed by atoms with Gasteiger partial charge in [0, 0.05) is 18.8 Å². The van der Waals surface area contributed by atoms with E-state index in [4.69, 9.17) is 0 Å². The predicted molar refractivity (Wildman–Crippen MR) is 105 cm³/mol. The summed E-state index contributed by atoms with van der Waals surface area (Å²) in [7, 11) is 0. The molecule has 0 aromatic carbocycles. The van der Waals surface area contributed by atoms with Crippen LogP contribution in [-0.4, -0.2) is 18.0 Å². The molecule has 0 unspecified atom stereocenters. The van der Waals surface area contributed by atoms with Crippen LogP contribution >= 0.6 is 0 Å². The molecule has 0 atom stereocenters. The van der Waals surface area contributed by atoms with E-state index in [0.29, 0.717) is 0 Å². The van der Waals surface area contributed by atoms with Gasteiger partial charge in [0.05, 0.1) is 0 Å². The van der Waals surface area contributed by atoms with E-state index >= 15 is 0 Å². The van der Waals surface area contributed by atoms with Crippen molar-refractivity contribution < 1.29 is 0 Å². The van der Waals surface area contributed by atoms with Crippen molar-refractivity contribution in [1.29, 1.82) is 0 Å². The van der Waals surface area contributed by atoms with Gasteiger partial charge in [-0.1, -0.05) is 84.1 Å². The van der Waals surface area contributed by atoms with E-state index in [-0.39, 0.29) is 0 Å². The third-order valence-electron chi connectivity index (χ3n) is 5.24. The van der Waals surface area contributed by atoms with E-state index < -0.39 is 0 Å². The first-order chi connectivity index (χ1) is 11.4. The average molecular weight is 322 g/mol. The SMILES string of the molecule is CCCCCCCCN(CCCCCCCC)C1=CCCCC1. The number of unbranched alkanes of at least 4 members (excludes halogenated alkanes) is 10. The van der Waals surface area contributed by atoms with Gasteiger partial charge in [-0.2, -0.15) is 0 Å². The van der Waals surface area contributed by atoms with Gasteiger partial charge in [-0.3, -0.25) is 0 Å². The Morgan fingerprint density at radius 2 is 1.22 bits per heavy atom. The predicted octanol–water partition coefficient (Wildman–Crippen LogP) is 7.47. The summed E-state index contributed by atoms with van der Waals surface area (Å²) in [6.45, 7) is 7.23. The number of nitrogens with zero attached hydrogens (tertiary/aromatic N) is 1. The normalized spacial score (nSPS) is 14.8. The molecular weight excluding hydrogens is 278 g/mol. The van der Waals surface area contributed by atoms with Gasteiger partial charge >= 0.3 is 0 Å². The maximum Gasteiger partial charge on any atom is 0.0174 e. The molecular formula is C22H43N. The highest BCUT2D eigenvalue weighted by Gasteiger charge is 2.11. The molecule has 0 aliphatic heterocycles. The van der Waals surface area contributed by atoms with Gasteiger partial charge in [0.15, 0.2) is 0 Å². The summed E-state index contributed by atoms with van der Waals surface area (Å²) in [6.07, 6.45) is 25.0. The molecule has 0 heterocycles. The topological polar surface area (TPSA) is 3.24 Å². The second-order valence-corrected chi connectivity index (χ2v) is 7.46. The fourth-order valence-corrected chi connectivity index (χ4v) is 3.67. The van der Waals surface area contributed by atoms with Crippen molar-refractivity contribution in [3.8, 4) is 0 Å². The molecule has 23 heavy (non-hydrogen) atoms. The van der Waals surface area contributed by atoms with Gasteiger partial charge in [0.25, 0.3) is 0 Å². The van der Waals surface area contributed by atoms with Crippen molar-refractivity contribution in [2.45, 2.75) is 117 Å². The molecule has 0 bridgehead atoms. The summed E-state index contributed by atoms with van der Waals surface area (Å²) in [6, 6.07) is 0. The fourth-order valence-electron chi connectivity index (χ4n) is 3.67. The summed E-state index contributed by atoms with van der Waals surface area (Å²) in [4.78, 5) is 2.75. The van der Waals surface area contributed by atoms with Crippen molar-refractivity contribution in [3.63, 3.8) is 0 Å². The summed E-state index contributed by atoms with van der Waals surface area (Å²) in [5.74, 6) is 0. The maximum absolute atomic E-state index is 2.75. The molecule has 1 heteroatoms. The fraction of sp³-hybridized carbons (Fsp3) is 0.909. The molecule has 0 aromatic rings. The third-order valence-corrected chi connectivity index (χ3v) is 5.24. The average Bonchev–Trinajstić information content (AvgIpc) is 2.60. The van der Waals surface area contributed by atoms with Gasteiger partial charge in [-0.05, 0) is 38.5 Å². The minimum absolute atomic E-state index is 1.31. The molecule has 0 amide bonds. The molecule has 1 rings (SSSR count). The molecule has 0 fully saturated rings. The first-order valence-corrected chi connectivity index (χ1v) is 10.8. The third kappa shape index (κ3) is 10.8. The van der Waals surface area contributed by atoms with Crippen LogP contribution in [0.4, 0.5) is 0 Å². The number of hydrogen-bond donors (Lipinski definition) is 0. The monoisotopic (exact) mass is 321 g/mol. The minimum Gasteiger partial charge on any atom is -0.375 e. The van der Waals surface area contributed by atoms with Crippen molar-refractivity contribution in [1.82, 2.24) is 4.90 Å². The van der Waals surface area contributed by atoms with Crippen LogP contribution in [0.5, 0.6) is 0 Å². The molecule has 136 valence electrons. The van der Waals surface area contributed by atoms with Gasteiger partial charge in [-0.15, -0.1) is 0 Å². The molecule has 0 N–H and O–H groups in total. The van der Waals surface area contributed by atoms with E-state index in [1.54, 1.807) is 5.70 Å². The highest BCUT2D eigenvalue weighted by atomic mass is 15.1. The highest BCUT2D eigenvalue weighted by molar-refractivity contribution is 5.04. The van der Waals surface area contributed by atoms with Crippen molar-refractivity contribution in [3.05, 3.63) is 11.8 Å². The van der Waals surface area contributed by atoms with Crippen LogP contribution < -0.4 is 0 Å². The lowest BCUT2D eigenvalue weighted by atomic mass is 10.0. The molecule has 0 aromatic heterocycles. The maximum atomic E-state index is 2.75. The summed E-state index contributed by atoms with van der Waals surface area (Å²) >= 11 is 0. The Balaban J connectivity index is 2.21. The molecule has 0 saturated carbocycles. The Morgan fingerprint density at radius 3 is 1.70 bits per heavy atom. The zero-order valence-corrected chi connectivity index (χ0v) is 16.3. The summed E-state index contributed by atoms with van der Waals surface area (Å²) < 4.78 is 0. The minimum atomic E-state index is 1.31. The number of rotatable bonds is 15. The van der Waals surface area contributed by atoms with E-state index in [1.165, 1.54) is 116 Å². The molecule has 0 spiro atoms. The number of allylic oxidation sites excluding steroid dienone is 2. The van der Waals surface area contributed by atoms with E-state index in [2.05, 4.69) is 24.8 Å². The second-order valence-electron chi connectivity index (χ2n) is 7.46. The zero-order valence-electron chi connectivity index (χ0n) is 16.3. The van der Waals surface area contributed by atoms with Crippen molar-refractivity contribution in [2.75, 3.05) is 13.1 Å². The Bertz CT molecular complexity index is 266.